The van der Waals surface area contributed by atoms with Crippen molar-refractivity contribution < 1.29 is 24.2 Å². The highest BCUT2D eigenvalue weighted by Gasteiger charge is 2.17. The summed E-state index contributed by atoms with van der Waals surface area (Å²) in [6.07, 6.45) is 6.80. The minimum absolute atomic E-state index is 0.134. The highest BCUT2D eigenvalue weighted by molar-refractivity contribution is 6.11. The Hall–Kier alpha value is -4.33. The maximum atomic E-state index is 12.3. The fourth-order valence-corrected chi connectivity index (χ4v) is 2.83. The molecule has 3 rings (SSSR count). The van der Waals surface area contributed by atoms with Crippen molar-refractivity contribution in [3.8, 4) is 11.4 Å². The molecule has 0 aliphatic heterocycles. The third kappa shape index (κ3) is 5.85. The van der Waals surface area contributed by atoms with Gasteiger partial charge >= 0.3 is 5.97 Å². The van der Waals surface area contributed by atoms with Crippen LogP contribution in [0, 0.1) is 0 Å². The Morgan fingerprint density at radius 2 is 1.69 bits per heavy atom. The molecule has 0 saturated heterocycles. The summed E-state index contributed by atoms with van der Waals surface area (Å²) in [6.45, 7) is 1.92. The molecule has 0 aliphatic carbocycles. The fourth-order valence-electron chi connectivity index (χ4n) is 2.83. The molecule has 1 N–H and O–H groups in total. The van der Waals surface area contributed by atoms with Crippen molar-refractivity contribution in [3.05, 3.63) is 83.7 Å². The maximum absolute atomic E-state index is 12.3. The number of allylic oxidation sites excluding steroid dienone is 2. The van der Waals surface area contributed by atoms with Gasteiger partial charge in [-0.15, -0.1) is 5.10 Å². The molecule has 0 unspecified atom stereocenters. The van der Waals surface area contributed by atoms with Crippen LogP contribution in [0.3, 0.4) is 0 Å². The molecule has 0 fully saturated rings. The van der Waals surface area contributed by atoms with Gasteiger partial charge in [0.15, 0.2) is 17.3 Å². The lowest BCUT2D eigenvalue weighted by molar-refractivity contribution is -0.121. The topological polar surface area (TPSA) is 111 Å². The standard InChI is InChI=1S/C24H21N3O5/c1-2-32-24(31)23-16-25-26-27(23)22-6-4-3-5-18(22)10-14-21(30)15-20(29)13-9-17-7-11-19(28)12-8-17/h3-14,16,28H,2,15H2,1H3. The van der Waals surface area contributed by atoms with E-state index >= 15 is 0 Å². The van der Waals surface area contributed by atoms with E-state index in [0.717, 1.165) is 5.56 Å². The molecule has 2 aromatic carbocycles. The number of aromatic hydroxyl groups is 1. The van der Waals surface area contributed by atoms with Crippen molar-refractivity contribution in [3.63, 3.8) is 0 Å². The van der Waals surface area contributed by atoms with Crippen molar-refractivity contribution in [2.45, 2.75) is 13.3 Å². The van der Waals surface area contributed by atoms with E-state index < -0.39 is 5.97 Å². The summed E-state index contributed by atoms with van der Waals surface area (Å²) in [6, 6.07) is 13.4. The van der Waals surface area contributed by atoms with Crippen LogP contribution in [0.2, 0.25) is 0 Å². The molecule has 0 atom stereocenters. The molecule has 1 aromatic heterocycles. The van der Waals surface area contributed by atoms with Gasteiger partial charge in [-0.1, -0.05) is 41.6 Å². The molecule has 0 amide bonds. The molecule has 8 nitrogen and oxygen atoms in total. The van der Waals surface area contributed by atoms with E-state index in [1.54, 1.807) is 55.5 Å². The predicted molar refractivity (Wildman–Crippen MR) is 118 cm³/mol. The Labute approximate surface area is 184 Å². The lowest BCUT2D eigenvalue weighted by Gasteiger charge is -2.08. The lowest BCUT2D eigenvalue weighted by atomic mass is 10.1. The predicted octanol–water partition coefficient (Wildman–Crippen LogP) is 3.40. The van der Waals surface area contributed by atoms with Crippen molar-refractivity contribution in [1.29, 1.82) is 0 Å². The van der Waals surface area contributed by atoms with Crippen LogP contribution in [0.1, 0.15) is 35.0 Å². The zero-order valence-electron chi connectivity index (χ0n) is 17.3. The number of nitrogens with zero attached hydrogens (tertiary/aromatic N) is 3. The summed E-state index contributed by atoms with van der Waals surface area (Å²) in [5, 5.41) is 17.0. The summed E-state index contributed by atoms with van der Waals surface area (Å²) in [7, 11) is 0. The van der Waals surface area contributed by atoms with Gasteiger partial charge in [-0.3, -0.25) is 9.59 Å². The number of hydrogen-bond acceptors (Lipinski definition) is 7. The molecule has 3 aromatic rings. The van der Waals surface area contributed by atoms with E-state index in [4.69, 9.17) is 4.74 Å². The van der Waals surface area contributed by atoms with Crippen LogP contribution in [0.25, 0.3) is 17.8 Å². The van der Waals surface area contributed by atoms with E-state index in [2.05, 4.69) is 10.3 Å². The van der Waals surface area contributed by atoms with Crippen molar-refractivity contribution in [2.75, 3.05) is 6.61 Å². The minimum Gasteiger partial charge on any atom is -0.508 e. The van der Waals surface area contributed by atoms with Crippen LogP contribution in [0.4, 0.5) is 0 Å². The summed E-state index contributed by atoms with van der Waals surface area (Å²) in [5.74, 6) is -1.14. The largest absolute Gasteiger partial charge is 0.508 e. The third-order valence-corrected chi connectivity index (χ3v) is 4.35. The Morgan fingerprint density at radius 1 is 1.00 bits per heavy atom. The van der Waals surface area contributed by atoms with E-state index in [1.807, 2.05) is 0 Å². The summed E-state index contributed by atoms with van der Waals surface area (Å²) in [4.78, 5) is 36.5. The molecule has 32 heavy (non-hydrogen) atoms. The second-order valence-electron chi connectivity index (χ2n) is 6.68. The number of carbonyl (C=O) groups excluding carboxylic acids is 3. The van der Waals surface area contributed by atoms with E-state index in [-0.39, 0.29) is 36.0 Å². The van der Waals surface area contributed by atoms with E-state index in [0.29, 0.717) is 11.3 Å². The zero-order valence-corrected chi connectivity index (χ0v) is 17.3. The first kappa shape index (κ1) is 22.4. The quantitative estimate of drug-likeness (QED) is 0.314. The smallest absolute Gasteiger partial charge is 0.358 e. The van der Waals surface area contributed by atoms with Gasteiger partial charge in [0.05, 0.1) is 24.9 Å². The Balaban J connectivity index is 1.70. The second-order valence-corrected chi connectivity index (χ2v) is 6.68. The molecule has 0 saturated carbocycles. The van der Waals surface area contributed by atoms with Crippen LogP contribution < -0.4 is 0 Å². The normalized spacial score (nSPS) is 11.2. The average Bonchev–Trinajstić information content (AvgIpc) is 3.27. The molecule has 0 radical (unpaired) electrons. The molecular formula is C24H21N3O5. The highest BCUT2D eigenvalue weighted by atomic mass is 16.5. The molecular weight excluding hydrogens is 410 g/mol. The number of ether oxygens (including phenoxy) is 1. The number of benzene rings is 2. The van der Waals surface area contributed by atoms with Crippen LogP contribution in [0.15, 0.2) is 66.9 Å². The number of esters is 1. The number of aromatic nitrogens is 3. The first-order valence-electron chi connectivity index (χ1n) is 9.86. The van der Waals surface area contributed by atoms with Crippen molar-refractivity contribution in [2.24, 2.45) is 0 Å². The Morgan fingerprint density at radius 3 is 2.41 bits per heavy atom. The van der Waals surface area contributed by atoms with Crippen LogP contribution >= 0.6 is 0 Å². The SMILES string of the molecule is CCOC(=O)c1cnnn1-c1ccccc1C=CC(=O)CC(=O)C=Cc1ccc(O)cc1. The van der Waals surface area contributed by atoms with Gasteiger partial charge in [0.1, 0.15) is 5.75 Å². The monoisotopic (exact) mass is 431 g/mol. The van der Waals surface area contributed by atoms with Gasteiger partial charge in [-0.05, 0) is 48.9 Å². The van der Waals surface area contributed by atoms with Crippen LogP contribution in [-0.4, -0.2) is 44.2 Å². The number of para-hydroxylation sites is 1. The molecule has 0 aliphatic rings. The maximum Gasteiger partial charge on any atom is 0.358 e. The Kier molecular flexibility index (Phi) is 7.42. The molecule has 162 valence electrons. The summed E-state index contributed by atoms with van der Waals surface area (Å²) in [5.41, 5.74) is 2.05. The number of ketones is 2. The highest BCUT2D eigenvalue weighted by Crippen LogP contribution is 2.18. The lowest BCUT2D eigenvalue weighted by Crippen LogP contribution is -2.12. The molecule has 0 bridgehead atoms. The van der Waals surface area contributed by atoms with Gasteiger partial charge in [0.2, 0.25) is 0 Å². The first-order chi connectivity index (χ1) is 15.5. The number of rotatable bonds is 9. The van der Waals surface area contributed by atoms with Gasteiger partial charge in [0, 0.05) is 5.56 Å². The third-order valence-electron chi connectivity index (χ3n) is 4.35. The number of phenols is 1. The van der Waals surface area contributed by atoms with Gasteiger partial charge in [-0.2, -0.15) is 0 Å². The fraction of sp³-hybridized carbons (Fsp3) is 0.125. The molecule has 0 spiro atoms. The average molecular weight is 431 g/mol. The number of hydrogen-bond donors (Lipinski definition) is 1. The first-order valence-corrected chi connectivity index (χ1v) is 9.86. The minimum atomic E-state index is -0.557. The van der Waals surface area contributed by atoms with Crippen molar-refractivity contribution in [1.82, 2.24) is 15.0 Å². The van der Waals surface area contributed by atoms with Crippen molar-refractivity contribution >= 4 is 29.7 Å². The number of carbonyl (C=O) groups is 3. The van der Waals surface area contributed by atoms with E-state index in [1.165, 1.54) is 35.2 Å². The summed E-state index contributed by atoms with van der Waals surface area (Å²) >= 11 is 0. The molecule has 8 heteroatoms. The summed E-state index contributed by atoms with van der Waals surface area (Å²) < 4.78 is 6.36. The van der Waals surface area contributed by atoms with Gasteiger partial charge < -0.3 is 9.84 Å². The van der Waals surface area contributed by atoms with Crippen LogP contribution in [0.5, 0.6) is 5.75 Å². The number of phenolic OH excluding ortho intramolecular Hbond substituents is 1. The van der Waals surface area contributed by atoms with Gasteiger partial charge in [0.25, 0.3) is 0 Å². The van der Waals surface area contributed by atoms with Gasteiger partial charge in [-0.25, -0.2) is 9.48 Å². The molecule has 1 heterocycles. The van der Waals surface area contributed by atoms with Crippen LogP contribution in [-0.2, 0) is 14.3 Å². The zero-order chi connectivity index (χ0) is 22.9. The van der Waals surface area contributed by atoms with E-state index in [9.17, 15) is 19.5 Å². The second kappa shape index (κ2) is 10.6. The Bertz CT molecular complexity index is 1180.